The minimum absolute atomic E-state index is 0.0922. The summed E-state index contributed by atoms with van der Waals surface area (Å²) in [6, 6.07) is 0. The molecule has 4 N–H and O–H groups in total. The van der Waals surface area contributed by atoms with Gasteiger partial charge in [0.25, 0.3) is 0 Å². The first kappa shape index (κ1) is 17.5. The molecule has 0 bridgehead atoms. The van der Waals surface area contributed by atoms with Crippen molar-refractivity contribution in [2.24, 2.45) is 0 Å². The lowest BCUT2D eigenvalue weighted by Gasteiger charge is -2.39. The highest BCUT2D eigenvalue weighted by molar-refractivity contribution is 14.1. The summed E-state index contributed by atoms with van der Waals surface area (Å²) in [5.41, 5.74) is 0.354. The van der Waals surface area contributed by atoms with E-state index < -0.39 is 43.2 Å². The molecule has 11 heteroatoms. The van der Waals surface area contributed by atoms with Gasteiger partial charge < -0.3 is 29.9 Å². The quantitative estimate of drug-likeness (QED) is 0.313. The Morgan fingerprint density at radius 2 is 2.05 bits per heavy atom. The maximum Gasteiger partial charge on any atom is 0.303 e. The highest BCUT2D eigenvalue weighted by Gasteiger charge is 2.45. The SMILES string of the molecule is CC(=O)OCc1nnn([C@@H]2O[C@H](CO)[C@@H](O)[C@H](O)[C@H]2O)c1I. The van der Waals surface area contributed by atoms with Crippen LogP contribution in [-0.2, 0) is 20.9 Å². The standard InChI is InChI=1S/C11H16IN3O7/c1-4(17)21-3-5-10(12)15(14-13-5)11-9(20)8(19)7(18)6(2-16)22-11/h6-9,11,16,18-20H,2-3H2,1H3/t6-,7-,8+,9-,11-/m1/s1. The van der Waals surface area contributed by atoms with E-state index in [0.717, 1.165) is 0 Å². The number of halogens is 1. The zero-order valence-corrected chi connectivity index (χ0v) is 13.7. The van der Waals surface area contributed by atoms with Crippen molar-refractivity contribution in [1.29, 1.82) is 0 Å². The minimum atomic E-state index is -1.51. The predicted octanol–water partition coefficient (Wildman–Crippen LogP) is -2.08. The molecule has 0 saturated carbocycles. The molecule has 0 aliphatic carbocycles. The van der Waals surface area contributed by atoms with E-state index in [4.69, 9.17) is 14.6 Å². The molecule has 10 nitrogen and oxygen atoms in total. The number of aliphatic hydroxyl groups excluding tert-OH is 4. The third kappa shape index (κ3) is 3.38. The fourth-order valence-corrected chi connectivity index (χ4v) is 2.65. The zero-order chi connectivity index (χ0) is 16.4. The predicted molar refractivity (Wildman–Crippen MR) is 77.2 cm³/mol. The van der Waals surface area contributed by atoms with Gasteiger partial charge in [-0.25, -0.2) is 4.68 Å². The smallest absolute Gasteiger partial charge is 0.303 e. The van der Waals surface area contributed by atoms with Gasteiger partial charge in [0.05, 0.1) is 6.61 Å². The molecule has 22 heavy (non-hydrogen) atoms. The number of esters is 1. The average Bonchev–Trinajstić information content (AvgIpc) is 2.84. The van der Waals surface area contributed by atoms with Crippen molar-refractivity contribution in [2.75, 3.05) is 6.61 Å². The molecule has 1 aliphatic rings. The van der Waals surface area contributed by atoms with E-state index in [1.165, 1.54) is 11.6 Å². The second-order valence-corrected chi connectivity index (χ2v) is 5.79. The maximum atomic E-state index is 10.8. The topological polar surface area (TPSA) is 147 Å². The number of ether oxygens (including phenoxy) is 2. The normalized spacial score (nSPS) is 32.0. The van der Waals surface area contributed by atoms with Crippen molar-refractivity contribution in [3.8, 4) is 0 Å². The van der Waals surface area contributed by atoms with E-state index in [9.17, 15) is 20.1 Å². The van der Waals surface area contributed by atoms with Crippen molar-refractivity contribution >= 4 is 28.6 Å². The number of rotatable bonds is 4. The van der Waals surface area contributed by atoms with Gasteiger partial charge in [-0.2, -0.15) is 0 Å². The second kappa shape index (κ2) is 7.14. The van der Waals surface area contributed by atoms with E-state index >= 15 is 0 Å². The van der Waals surface area contributed by atoms with Gasteiger partial charge in [-0.3, -0.25) is 4.79 Å². The van der Waals surface area contributed by atoms with Crippen LogP contribution in [-0.4, -0.2) is 72.4 Å². The number of aliphatic hydroxyl groups is 4. The molecule has 0 amide bonds. The summed E-state index contributed by atoms with van der Waals surface area (Å²) in [5, 5.41) is 46.3. The fraction of sp³-hybridized carbons (Fsp3) is 0.727. The monoisotopic (exact) mass is 429 g/mol. The first-order valence-corrected chi connectivity index (χ1v) is 7.48. The third-order valence-corrected chi connectivity index (χ3v) is 4.34. The Hall–Kier alpha value is -0.860. The lowest BCUT2D eigenvalue weighted by atomic mass is 9.98. The Morgan fingerprint density at radius 1 is 1.36 bits per heavy atom. The molecular formula is C11H16IN3O7. The summed E-state index contributed by atoms with van der Waals surface area (Å²) in [7, 11) is 0. The molecule has 0 unspecified atom stereocenters. The Morgan fingerprint density at radius 3 is 2.64 bits per heavy atom. The van der Waals surface area contributed by atoms with Crippen LogP contribution in [0.5, 0.6) is 0 Å². The van der Waals surface area contributed by atoms with Crippen molar-refractivity contribution in [3.63, 3.8) is 0 Å². The summed E-state index contributed by atoms with van der Waals surface area (Å²) in [6.45, 7) is 0.632. The highest BCUT2D eigenvalue weighted by atomic mass is 127. The second-order valence-electron chi connectivity index (χ2n) is 4.77. The first-order chi connectivity index (χ1) is 10.4. The van der Waals surface area contributed by atoms with E-state index in [1.54, 1.807) is 0 Å². The van der Waals surface area contributed by atoms with Gasteiger partial charge in [-0.1, -0.05) is 5.21 Å². The van der Waals surface area contributed by atoms with Crippen molar-refractivity contribution < 1.29 is 34.7 Å². The maximum absolute atomic E-state index is 10.8. The van der Waals surface area contributed by atoms with Crippen LogP contribution in [0.15, 0.2) is 0 Å². The van der Waals surface area contributed by atoms with Gasteiger partial charge >= 0.3 is 5.97 Å². The largest absolute Gasteiger partial charge is 0.459 e. The van der Waals surface area contributed by atoms with Crippen LogP contribution in [0, 0.1) is 3.70 Å². The number of carbonyl (C=O) groups is 1. The first-order valence-electron chi connectivity index (χ1n) is 6.40. The number of aromatic nitrogens is 3. The molecule has 2 rings (SSSR count). The summed E-state index contributed by atoms with van der Waals surface area (Å²) >= 11 is 1.88. The molecule has 1 fully saturated rings. The minimum Gasteiger partial charge on any atom is -0.459 e. The van der Waals surface area contributed by atoms with Gasteiger partial charge in [0, 0.05) is 6.92 Å². The summed E-state index contributed by atoms with van der Waals surface area (Å²) in [6.07, 6.45) is -6.60. The molecule has 1 saturated heterocycles. The van der Waals surface area contributed by atoms with Crippen LogP contribution in [0.3, 0.4) is 0 Å². The summed E-state index contributed by atoms with van der Waals surface area (Å²) in [5.74, 6) is -0.474. The Kier molecular flexibility index (Phi) is 5.68. The van der Waals surface area contributed by atoms with Crippen molar-refractivity contribution in [2.45, 2.75) is 44.2 Å². The van der Waals surface area contributed by atoms with Crippen LogP contribution in [0.25, 0.3) is 0 Å². The fourth-order valence-electron chi connectivity index (χ4n) is 2.02. The molecule has 0 spiro atoms. The molecule has 0 radical (unpaired) electrons. The van der Waals surface area contributed by atoms with E-state index in [1.807, 2.05) is 22.6 Å². The highest BCUT2D eigenvalue weighted by Crippen LogP contribution is 2.29. The molecule has 1 aliphatic heterocycles. The van der Waals surface area contributed by atoms with Gasteiger partial charge in [-0.05, 0) is 22.6 Å². The van der Waals surface area contributed by atoms with Crippen LogP contribution in [0.1, 0.15) is 18.8 Å². The Labute approximate surface area is 138 Å². The van der Waals surface area contributed by atoms with Crippen LogP contribution >= 0.6 is 22.6 Å². The van der Waals surface area contributed by atoms with Gasteiger partial charge in [0.15, 0.2) is 6.23 Å². The molecule has 0 aromatic carbocycles. The molecule has 2 heterocycles. The molecular weight excluding hydrogens is 413 g/mol. The van der Waals surface area contributed by atoms with Gasteiger partial charge in [0.1, 0.15) is 40.4 Å². The van der Waals surface area contributed by atoms with Crippen LogP contribution in [0.4, 0.5) is 0 Å². The zero-order valence-electron chi connectivity index (χ0n) is 11.5. The van der Waals surface area contributed by atoms with E-state index in [-0.39, 0.29) is 6.61 Å². The number of hydrogen-bond acceptors (Lipinski definition) is 9. The van der Waals surface area contributed by atoms with Crippen LogP contribution in [0.2, 0.25) is 0 Å². The lowest BCUT2D eigenvalue weighted by molar-refractivity contribution is -0.254. The Balaban J connectivity index is 2.21. The van der Waals surface area contributed by atoms with Crippen LogP contribution < -0.4 is 0 Å². The average molecular weight is 429 g/mol. The molecule has 124 valence electrons. The lowest BCUT2D eigenvalue weighted by Crippen LogP contribution is -2.56. The van der Waals surface area contributed by atoms with E-state index in [0.29, 0.717) is 9.39 Å². The summed E-state index contributed by atoms with van der Waals surface area (Å²) in [4.78, 5) is 10.8. The molecule has 1 aromatic rings. The number of carbonyl (C=O) groups excluding carboxylic acids is 1. The third-order valence-electron chi connectivity index (χ3n) is 3.22. The van der Waals surface area contributed by atoms with Gasteiger partial charge in [0.2, 0.25) is 0 Å². The van der Waals surface area contributed by atoms with Crippen molar-refractivity contribution in [3.05, 3.63) is 9.39 Å². The van der Waals surface area contributed by atoms with Crippen molar-refractivity contribution in [1.82, 2.24) is 15.0 Å². The molecule has 5 atom stereocenters. The Bertz CT molecular complexity index is 538. The summed E-state index contributed by atoms with van der Waals surface area (Å²) < 4.78 is 11.8. The number of hydrogen-bond donors (Lipinski definition) is 4. The molecule has 1 aromatic heterocycles. The van der Waals surface area contributed by atoms with Gasteiger partial charge in [-0.15, -0.1) is 5.10 Å². The van der Waals surface area contributed by atoms with E-state index in [2.05, 4.69) is 10.3 Å². The number of nitrogens with zero attached hydrogens (tertiary/aromatic N) is 3.